The minimum atomic E-state index is -3.28. The number of amides is 1. The van der Waals surface area contributed by atoms with Crippen molar-refractivity contribution < 1.29 is 17.9 Å². The van der Waals surface area contributed by atoms with Crippen LogP contribution in [0.15, 0.2) is 41.3 Å². The molecule has 2 aromatic rings. The Balaban J connectivity index is 1.99. The molecule has 24 heavy (non-hydrogen) atoms. The second-order valence-corrected chi connectivity index (χ2v) is 8.09. The summed E-state index contributed by atoms with van der Waals surface area (Å²) >= 11 is 17.7. The highest BCUT2D eigenvalue weighted by atomic mass is 35.5. The number of hydrogen-bond donors (Lipinski definition) is 1. The molecule has 0 aliphatic rings. The van der Waals surface area contributed by atoms with Gasteiger partial charge in [0.05, 0.1) is 20.6 Å². The van der Waals surface area contributed by atoms with E-state index in [1.54, 1.807) is 0 Å². The van der Waals surface area contributed by atoms with Gasteiger partial charge in [-0.15, -0.1) is 0 Å². The topological polar surface area (TPSA) is 72.5 Å². The maximum absolute atomic E-state index is 11.9. The lowest BCUT2D eigenvalue weighted by atomic mass is 10.3. The molecule has 1 amide bonds. The van der Waals surface area contributed by atoms with E-state index in [1.807, 2.05) is 0 Å². The van der Waals surface area contributed by atoms with Crippen LogP contribution in [0.1, 0.15) is 0 Å². The standard InChI is InChI=1S/C15H12Cl3NO4S/c1-24(21,22)11-4-2-10(3-5-11)23-8-14(20)19-15-12(17)6-9(16)7-13(15)18/h2-7H,8H2,1H3,(H,19,20). The van der Waals surface area contributed by atoms with E-state index in [2.05, 4.69) is 5.32 Å². The summed E-state index contributed by atoms with van der Waals surface area (Å²) in [6.45, 7) is -0.298. The van der Waals surface area contributed by atoms with Gasteiger partial charge in [-0.3, -0.25) is 4.79 Å². The number of hydrogen-bond acceptors (Lipinski definition) is 4. The summed E-state index contributed by atoms with van der Waals surface area (Å²) < 4.78 is 28.0. The van der Waals surface area contributed by atoms with Gasteiger partial charge < -0.3 is 10.1 Å². The summed E-state index contributed by atoms with van der Waals surface area (Å²) in [5, 5.41) is 3.29. The SMILES string of the molecule is CS(=O)(=O)c1ccc(OCC(=O)Nc2c(Cl)cc(Cl)cc2Cl)cc1. The van der Waals surface area contributed by atoms with Gasteiger partial charge in [-0.1, -0.05) is 34.8 Å². The van der Waals surface area contributed by atoms with Crippen molar-refractivity contribution in [2.24, 2.45) is 0 Å². The van der Waals surface area contributed by atoms with Gasteiger partial charge in [0.1, 0.15) is 5.75 Å². The number of nitrogens with one attached hydrogen (secondary N) is 1. The van der Waals surface area contributed by atoms with E-state index in [0.717, 1.165) is 6.26 Å². The molecule has 0 heterocycles. The average molecular weight is 409 g/mol. The Labute approximate surface area is 154 Å². The highest BCUT2D eigenvalue weighted by Gasteiger charge is 2.12. The fourth-order valence-corrected chi connectivity index (χ4v) is 3.31. The van der Waals surface area contributed by atoms with Gasteiger partial charge in [0.15, 0.2) is 16.4 Å². The van der Waals surface area contributed by atoms with Crippen LogP contribution >= 0.6 is 34.8 Å². The summed E-state index contributed by atoms with van der Waals surface area (Å²) in [4.78, 5) is 12.1. The van der Waals surface area contributed by atoms with Crippen molar-refractivity contribution in [2.75, 3.05) is 18.2 Å². The van der Waals surface area contributed by atoms with E-state index in [-0.39, 0.29) is 27.2 Å². The Kier molecular flexibility index (Phi) is 5.98. The number of sulfone groups is 1. The van der Waals surface area contributed by atoms with Crippen LogP contribution in [0.2, 0.25) is 15.1 Å². The predicted molar refractivity (Wildman–Crippen MR) is 95.1 cm³/mol. The van der Waals surface area contributed by atoms with E-state index < -0.39 is 15.7 Å². The highest BCUT2D eigenvalue weighted by molar-refractivity contribution is 7.90. The first-order valence-electron chi connectivity index (χ1n) is 6.54. The Bertz CT molecular complexity index is 844. The van der Waals surface area contributed by atoms with Gasteiger partial charge >= 0.3 is 0 Å². The van der Waals surface area contributed by atoms with Gasteiger partial charge in [-0.25, -0.2) is 8.42 Å². The molecule has 1 N–H and O–H groups in total. The second kappa shape index (κ2) is 7.61. The molecule has 9 heteroatoms. The highest BCUT2D eigenvalue weighted by Crippen LogP contribution is 2.33. The van der Waals surface area contributed by atoms with Crippen LogP contribution in [0, 0.1) is 0 Å². The van der Waals surface area contributed by atoms with Crippen LogP contribution in [-0.4, -0.2) is 27.2 Å². The molecular formula is C15H12Cl3NO4S. The van der Waals surface area contributed by atoms with Crippen LogP contribution < -0.4 is 10.1 Å². The molecule has 0 unspecified atom stereocenters. The molecule has 128 valence electrons. The molecule has 0 bridgehead atoms. The number of benzene rings is 2. The molecule has 0 aliphatic carbocycles. The molecule has 0 aliphatic heterocycles. The largest absolute Gasteiger partial charge is 0.484 e. The van der Waals surface area contributed by atoms with Gasteiger partial charge in [0.2, 0.25) is 0 Å². The summed E-state index contributed by atoms with van der Waals surface area (Å²) in [5.41, 5.74) is 0.240. The molecular weight excluding hydrogens is 397 g/mol. The number of ether oxygens (including phenoxy) is 1. The van der Waals surface area contributed by atoms with Crippen LogP contribution in [0.5, 0.6) is 5.75 Å². The smallest absolute Gasteiger partial charge is 0.262 e. The Morgan fingerprint density at radius 1 is 1.08 bits per heavy atom. The van der Waals surface area contributed by atoms with E-state index in [1.165, 1.54) is 36.4 Å². The summed E-state index contributed by atoms with van der Waals surface area (Å²) in [5.74, 6) is -0.126. The molecule has 2 aromatic carbocycles. The lowest BCUT2D eigenvalue weighted by Gasteiger charge is -2.11. The molecule has 2 rings (SSSR count). The fraction of sp³-hybridized carbons (Fsp3) is 0.133. The van der Waals surface area contributed by atoms with E-state index in [9.17, 15) is 13.2 Å². The van der Waals surface area contributed by atoms with Crippen molar-refractivity contribution in [3.05, 3.63) is 51.5 Å². The third kappa shape index (κ3) is 5.01. The van der Waals surface area contributed by atoms with E-state index in [0.29, 0.717) is 10.8 Å². The maximum atomic E-state index is 11.9. The molecule has 0 fully saturated rings. The first kappa shape index (κ1) is 18.9. The van der Waals surface area contributed by atoms with Crippen LogP contribution in [0.4, 0.5) is 5.69 Å². The van der Waals surface area contributed by atoms with Gasteiger partial charge in [0.25, 0.3) is 5.91 Å². The number of rotatable bonds is 5. The minimum Gasteiger partial charge on any atom is -0.484 e. The minimum absolute atomic E-state index is 0.166. The normalized spacial score (nSPS) is 11.2. The molecule has 0 saturated heterocycles. The molecule has 0 saturated carbocycles. The zero-order chi connectivity index (χ0) is 17.9. The van der Waals surface area contributed by atoms with Crippen molar-refractivity contribution in [1.82, 2.24) is 0 Å². The van der Waals surface area contributed by atoms with Crippen molar-refractivity contribution in [1.29, 1.82) is 0 Å². The first-order valence-corrected chi connectivity index (χ1v) is 9.56. The molecule has 0 atom stereocenters. The van der Waals surface area contributed by atoms with E-state index in [4.69, 9.17) is 39.5 Å². The molecule has 0 radical (unpaired) electrons. The number of carbonyl (C=O) groups is 1. The third-order valence-corrected chi connectivity index (χ3v) is 4.84. The fourth-order valence-electron chi connectivity index (χ4n) is 1.77. The van der Waals surface area contributed by atoms with Crippen LogP contribution in [-0.2, 0) is 14.6 Å². The second-order valence-electron chi connectivity index (χ2n) is 4.82. The van der Waals surface area contributed by atoms with Crippen LogP contribution in [0.3, 0.4) is 0 Å². The van der Waals surface area contributed by atoms with Crippen molar-refractivity contribution in [2.45, 2.75) is 4.90 Å². The monoisotopic (exact) mass is 407 g/mol. The predicted octanol–water partition coefficient (Wildman–Crippen LogP) is 4.07. The maximum Gasteiger partial charge on any atom is 0.262 e. The Morgan fingerprint density at radius 2 is 1.62 bits per heavy atom. The zero-order valence-corrected chi connectivity index (χ0v) is 15.4. The summed E-state index contributed by atoms with van der Waals surface area (Å²) in [7, 11) is -3.28. The van der Waals surface area contributed by atoms with Crippen molar-refractivity contribution >= 4 is 56.2 Å². The molecule has 5 nitrogen and oxygen atoms in total. The molecule has 0 aromatic heterocycles. The first-order chi connectivity index (χ1) is 11.2. The van der Waals surface area contributed by atoms with Crippen molar-refractivity contribution in [3.8, 4) is 5.75 Å². The Hall–Kier alpha value is -1.47. The number of carbonyl (C=O) groups excluding carboxylic acids is 1. The molecule has 0 spiro atoms. The number of halogens is 3. The van der Waals surface area contributed by atoms with Crippen LogP contribution in [0.25, 0.3) is 0 Å². The van der Waals surface area contributed by atoms with Gasteiger partial charge in [0, 0.05) is 11.3 Å². The third-order valence-electron chi connectivity index (χ3n) is 2.89. The summed E-state index contributed by atoms with van der Waals surface area (Å²) in [6, 6.07) is 8.63. The Morgan fingerprint density at radius 3 is 2.12 bits per heavy atom. The van der Waals surface area contributed by atoms with Crippen molar-refractivity contribution in [3.63, 3.8) is 0 Å². The summed E-state index contributed by atoms with van der Waals surface area (Å²) in [6.07, 6.45) is 1.11. The quantitative estimate of drug-likeness (QED) is 0.809. The number of anilines is 1. The van der Waals surface area contributed by atoms with E-state index >= 15 is 0 Å². The lowest BCUT2D eigenvalue weighted by molar-refractivity contribution is -0.118. The zero-order valence-electron chi connectivity index (χ0n) is 12.3. The lowest BCUT2D eigenvalue weighted by Crippen LogP contribution is -2.20. The van der Waals surface area contributed by atoms with Gasteiger partial charge in [-0.2, -0.15) is 0 Å². The average Bonchev–Trinajstić information content (AvgIpc) is 2.48. The van der Waals surface area contributed by atoms with Gasteiger partial charge in [-0.05, 0) is 36.4 Å².